The van der Waals surface area contributed by atoms with Crippen LogP contribution in [0.2, 0.25) is 0 Å². The summed E-state index contributed by atoms with van der Waals surface area (Å²) >= 11 is 3.40. The molecule has 134 valence electrons. The Bertz CT molecular complexity index is 881. The largest absolute Gasteiger partial charge is 0.352 e. The van der Waals surface area contributed by atoms with E-state index in [0.29, 0.717) is 43.1 Å². The Hall–Kier alpha value is -2.54. The van der Waals surface area contributed by atoms with Crippen LogP contribution in [0.5, 0.6) is 0 Å². The minimum Gasteiger partial charge on any atom is -0.352 e. The standard InChI is InChI=1S/C19H17BrFN3O2/c20-15-4-1-3-13(11-15)12-22-17(25)5-2-6-18-23-19(24-26-18)14-7-9-16(21)10-8-14/h1,3-4,7-11H,2,5-6,12H2,(H,22,25). The van der Waals surface area contributed by atoms with Gasteiger partial charge < -0.3 is 9.84 Å². The molecule has 3 aromatic rings. The van der Waals surface area contributed by atoms with Crippen molar-refractivity contribution in [3.8, 4) is 11.4 Å². The van der Waals surface area contributed by atoms with E-state index in [2.05, 4.69) is 31.4 Å². The first-order valence-corrected chi connectivity index (χ1v) is 8.99. The second kappa shape index (κ2) is 8.71. The minimum atomic E-state index is -0.314. The van der Waals surface area contributed by atoms with Crippen molar-refractivity contribution in [2.75, 3.05) is 0 Å². The molecule has 1 N–H and O–H groups in total. The summed E-state index contributed by atoms with van der Waals surface area (Å²) in [5, 5.41) is 6.77. The molecule has 0 unspecified atom stereocenters. The third-order valence-electron chi connectivity index (χ3n) is 3.74. The van der Waals surface area contributed by atoms with Gasteiger partial charge in [-0.3, -0.25) is 4.79 Å². The predicted molar refractivity (Wildman–Crippen MR) is 98.6 cm³/mol. The Labute approximate surface area is 158 Å². The Morgan fingerprint density at radius 1 is 1.19 bits per heavy atom. The molecule has 0 saturated carbocycles. The van der Waals surface area contributed by atoms with E-state index in [4.69, 9.17) is 4.52 Å². The van der Waals surface area contributed by atoms with Gasteiger partial charge in [0.25, 0.3) is 0 Å². The number of benzene rings is 2. The van der Waals surface area contributed by atoms with Gasteiger partial charge in [-0.25, -0.2) is 4.39 Å². The van der Waals surface area contributed by atoms with Gasteiger partial charge in [0.15, 0.2) is 0 Å². The molecule has 1 heterocycles. The second-order valence-corrected chi connectivity index (χ2v) is 6.69. The summed E-state index contributed by atoms with van der Waals surface area (Å²) in [5.41, 5.74) is 1.72. The monoisotopic (exact) mass is 417 g/mol. The molecule has 0 atom stereocenters. The molecule has 0 aliphatic rings. The van der Waals surface area contributed by atoms with E-state index >= 15 is 0 Å². The summed E-state index contributed by atoms with van der Waals surface area (Å²) in [4.78, 5) is 16.2. The Balaban J connectivity index is 1.43. The van der Waals surface area contributed by atoms with Crippen molar-refractivity contribution in [3.63, 3.8) is 0 Å². The van der Waals surface area contributed by atoms with Crippen LogP contribution in [-0.2, 0) is 17.8 Å². The lowest BCUT2D eigenvalue weighted by atomic mass is 10.2. The summed E-state index contributed by atoms with van der Waals surface area (Å²) < 4.78 is 19.1. The molecule has 5 nitrogen and oxygen atoms in total. The molecular formula is C19H17BrFN3O2. The number of hydrogen-bond acceptors (Lipinski definition) is 4. The third kappa shape index (κ3) is 5.23. The molecule has 26 heavy (non-hydrogen) atoms. The molecule has 0 aliphatic carbocycles. The molecule has 1 amide bonds. The van der Waals surface area contributed by atoms with E-state index in [1.54, 1.807) is 12.1 Å². The van der Waals surface area contributed by atoms with E-state index < -0.39 is 0 Å². The molecule has 0 fully saturated rings. The van der Waals surface area contributed by atoms with Crippen LogP contribution >= 0.6 is 15.9 Å². The lowest BCUT2D eigenvalue weighted by Crippen LogP contribution is -2.22. The fourth-order valence-electron chi connectivity index (χ4n) is 2.41. The number of hydrogen-bond donors (Lipinski definition) is 1. The highest BCUT2D eigenvalue weighted by atomic mass is 79.9. The first kappa shape index (κ1) is 18.3. The van der Waals surface area contributed by atoms with E-state index in [1.165, 1.54) is 12.1 Å². The predicted octanol–water partition coefficient (Wildman–Crippen LogP) is 4.28. The van der Waals surface area contributed by atoms with Crippen LogP contribution in [-0.4, -0.2) is 16.0 Å². The topological polar surface area (TPSA) is 68.0 Å². The highest BCUT2D eigenvalue weighted by molar-refractivity contribution is 9.10. The van der Waals surface area contributed by atoms with Crippen molar-refractivity contribution in [1.82, 2.24) is 15.5 Å². The zero-order chi connectivity index (χ0) is 18.4. The molecule has 2 aromatic carbocycles. The average Bonchev–Trinajstić information content (AvgIpc) is 3.09. The van der Waals surface area contributed by atoms with Crippen molar-refractivity contribution in [2.24, 2.45) is 0 Å². The van der Waals surface area contributed by atoms with Crippen molar-refractivity contribution in [2.45, 2.75) is 25.8 Å². The summed E-state index contributed by atoms with van der Waals surface area (Å²) in [6.07, 6.45) is 1.50. The second-order valence-electron chi connectivity index (χ2n) is 5.78. The van der Waals surface area contributed by atoms with Crippen molar-refractivity contribution in [3.05, 3.63) is 70.3 Å². The number of nitrogens with one attached hydrogen (secondary N) is 1. The summed E-state index contributed by atoms with van der Waals surface area (Å²) in [6, 6.07) is 13.7. The van der Waals surface area contributed by atoms with Gasteiger partial charge in [-0.2, -0.15) is 4.98 Å². The minimum absolute atomic E-state index is 0.0248. The number of aromatic nitrogens is 2. The first-order valence-electron chi connectivity index (χ1n) is 8.20. The Morgan fingerprint density at radius 2 is 2.00 bits per heavy atom. The normalized spacial score (nSPS) is 10.7. The Morgan fingerprint density at radius 3 is 2.77 bits per heavy atom. The van der Waals surface area contributed by atoms with Crippen LogP contribution in [0.15, 0.2) is 57.5 Å². The zero-order valence-corrected chi connectivity index (χ0v) is 15.5. The van der Waals surface area contributed by atoms with Crippen LogP contribution in [0, 0.1) is 5.82 Å². The van der Waals surface area contributed by atoms with Gasteiger partial charge in [-0.15, -0.1) is 0 Å². The lowest BCUT2D eigenvalue weighted by Gasteiger charge is -2.05. The zero-order valence-electron chi connectivity index (χ0n) is 13.9. The van der Waals surface area contributed by atoms with Crippen LogP contribution in [0.25, 0.3) is 11.4 Å². The van der Waals surface area contributed by atoms with E-state index in [9.17, 15) is 9.18 Å². The number of aryl methyl sites for hydroxylation is 1. The van der Waals surface area contributed by atoms with Crippen LogP contribution < -0.4 is 5.32 Å². The highest BCUT2D eigenvalue weighted by Gasteiger charge is 2.10. The number of halogens is 2. The SMILES string of the molecule is O=C(CCCc1nc(-c2ccc(F)cc2)no1)NCc1cccc(Br)c1. The highest BCUT2D eigenvalue weighted by Crippen LogP contribution is 2.17. The summed E-state index contributed by atoms with van der Waals surface area (Å²) in [6.45, 7) is 0.494. The molecule has 0 bridgehead atoms. The average molecular weight is 418 g/mol. The quantitative estimate of drug-likeness (QED) is 0.622. The van der Waals surface area contributed by atoms with Gasteiger partial charge in [0.2, 0.25) is 17.6 Å². The fourth-order valence-corrected chi connectivity index (χ4v) is 2.86. The van der Waals surface area contributed by atoms with Crippen molar-refractivity contribution < 1.29 is 13.7 Å². The molecule has 3 rings (SSSR count). The van der Waals surface area contributed by atoms with Crippen molar-refractivity contribution in [1.29, 1.82) is 0 Å². The van der Waals surface area contributed by atoms with Gasteiger partial charge in [0.1, 0.15) is 5.82 Å². The maximum absolute atomic E-state index is 12.9. The van der Waals surface area contributed by atoms with E-state index in [-0.39, 0.29) is 11.7 Å². The lowest BCUT2D eigenvalue weighted by molar-refractivity contribution is -0.121. The van der Waals surface area contributed by atoms with Crippen LogP contribution in [0.3, 0.4) is 0 Å². The Kier molecular flexibility index (Phi) is 6.12. The third-order valence-corrected chi connectivity index (χ3v) is 4.24. The van der Waals surface area contributed by atoms with Gasteiger partial charge in [-0.1, -0.05) is 33.2 Å². The number of carbonyl (C=O) groups is 1. The van der Waals surface area contributed by atoms with Gasteiger partial charge >= 0.3 is 0 Å². The van der Waals surface area contributed by atoms with Gasteiger partial charge in [-0.05, 0) is 48.4 Å². The first-order chi connectivity index (χ1) is 12.6. The smallest absolute Gasteiger partial charge is 0.226 e. The fraction of sp³-hybridized carbons (Fsp3) is 0.211. The van der Waals surface area contributed by atoms with Crippen LogP contribution in [0.4, 0.5) is 4.39 Å². The number of nitrogens with zero attached hydrogens (tertiary/aromatic N) is 2. The number of carbonyl (C=O) groups excluding carboxylic acids is 1. The molecular weight excluding hydrogens is 401 g/mol. The maximum atomic E-state index is 12.9. The van der Waals surface area contributed by atoms with E-state index in [0.717, 1.165) is 10.0 Å². The molecule has 0 saturated heterocycles. The summed E-state index contributed by atoms with van der Waals surface area (Å²) in [7, 11) is 0. The molecule has 7 heteroatoms. The van der Waals surface area contributed by atoms with E-state index in [1.807, 2.05) is 24.3 Å². The molecule has 0 spiro atoms. The van der Waals surface area contributed by atoms with Crippen molar-refractivity contribution >= 4 is 21.8 Å². The number of amides is 1. The van der Waals surface area contributed by atoms with Crippen LogP contribution in [0.1, 0.15) is 24.3 Å². The summed E-state index contributed by atoms with van der Waals surface area (Å²) in [5.74, 6) is 0.540. The number of rotatable bonds is 7. The molecule has 1 aromatic heterocycles. The van der Waals surface area contributed by atoms with Gasteiger partial charge in [0, 0.05) is 29.4 Å². The molecule has 0 aliphatic heterocycles. The maximum Gasteiger partial charge on any atom is 0.226 e. The van der Waals surface area contributed by atoms with Gasteiger partial charge in [0.05, 0.1) is 0 Å². The molecule has 0 radical (unpaired) electrons.